The molecule has 0 fully saturated rings. The van der Waals surface area contributed by atoms with Crippen molar-refractivity contribution in [2.45, 2.75) is 27.7 Å². The van der Waals surface area contributed by atoms with E-state index in [4.69, 9.17) is 4.98 Å². The summed E-state index contributed by atoms with van der Waals surface area (Å²) in [5, 5.41) is 0. The number of hydrogen-bond acceptors (Lipinski definition) is 1. The summed E-state index contributed by atoms with van der Waals surface area (Å²) < 4.78 is 0. The van der Waals surface area contributed by atoms with Gasteiger partial charge in [0.15, 0.2) is 0 Å². The van der Waals surface area contributed by atoms with Gasteiger partial charge in [-0.25, -0.2) is 4.98 Å². The van der Waals surface area contributed by atoms with Crippen LogP contribution in [0.15, 0.2) is 30.4 Å². The second-order valence-corrected chi connectivity index (χ2v) is 6.91. The first kappa shape index (κ1) is 13.1. The molecule has 0 amide bonds. The first-order chi connectivity index (χ1) is 9.35. The zero-order valence-electron chi connectivity index (χ0n) is 12.6. The van der Waals surface area contributed by atoms with Gasteiger partial charge in [-0.2, -0.15) is 0 Å². The minimum Gasteiger partial charge on any atom is -0.248 e. The zero-order valence-corrected chi connectivity index (χ0v) is 12.6. The number of fused-ring (bicyclic) bond motifs is 2. The SMILES string of the molecule is CC1(C)C=Cc2cc3c(nc2C=C1)C=CC(C)(C)C=C3. The third kappa shape index (κ3) is 2.53. The molecular formula is C19H21N. The van der Waals surface area contributed by atoms with E-state index < -0.39 is 0 Å². The van der Waals surface area contributed by atoms with E-state index in [9.17, 15) is 0 Å². The molecule has 3 rings (SSSR count). The van der Waals surface area contributed by atoms with E-state index in [-0.39, 0.29) is 10.8 Å². The van der Waals surface area contributed by atoms with Gasteiger partial charge < -0.3 is 0 Å². The Bertz CT molecular complexity index is 557. The molecule has 20 heavy (non-hydrogen) atoms. The number of aromatic nitrogens is 1. The van der Waals surface area contributed by atoms with Gasteiger partial charge >= 0.3 is 0 Å². The molecule has 0 aromatic carbocycles. The topological polar surface area (TPSA) is 12.9 Å². The van der Waals surface area contributed by atoms with E-state index in [1.54, 1.807) is 0 Å². The van der Waals surface area contributed by atoms with Crippen LogP contribution in [0, 0.1) is 10.8 Å². The zero-order chi connectivity index (χ0) is 14.4. The smallest absolute Gasteiger partial charge is 0.0706 e. The van der Waals surface area contributed by atoms with Gasteiger partial charge in [-0.05, 0) is 18.2 Å². The molecule has 0 spiro atoms. The van der Waals surface area contributed by atoms with Crippen molar-refractivity contribution in [3.05, 3.63) is 52.9 Å². The molecule has 1 heterocycles. The highest BCUT2D eigenvalue weighted by molar-refractivity contribution is 5.74. The van der Waals surface area contributed by atoms with E-state index in [0.29, 0.717) is 0 Å². The normalized spacial score (nSPS) is 21.0. The van der Waals surface area contributed by atoms with Crippen molar-refractivity contribution >= 4 is 24.3 Å². The van der Waals surface area contributed by atoms with Gasteiger partial charge in [0.25, 0.3) is 0 Å². The fraction of sp³-hybridized carbons (Fsp3) is 0.316. The van der Waals surface area contributed by atoms with Crippen molar-refractivity contribution < 1.29 is 0 Å². The molecule has 102 valence electrons. The lowest BCUT2D eigenvalue weighted by Gasteiger charge is -2.12. The van der Waals surface area contributed by atoms with Gasteiger partial charge in [-0.15, -0.1) is 0 Å². The van der Waals surface area contributed by atoms with E-state index in [1.165, 1.54) is 11.1 Å². The Morgan fingerprint density at radius 1 is 0.650 bits per heavy atom. The summed E-state index contributed by atoms with van der Waals surface area (Å²) in [5.41, 5.74) is 4.69. The van der Waals surface area contributed by atoms with Gasteiger partial charge in [-0.3, -0.25) is 0 Å². The lowest BCUT2D eigenvalue weighted by Crippen LogP contribution is -2.00. The summed E-state index contributed by atoms with van der Waals surface area (Å²) in [6, 6.07) is 2.24. The maximum atomic E-state index is 4.83. The van der Waals surface area contributed by atoms with Gasteiger partial charge in [-0.1, -0.05) is 64.2 Å². The first-order valence-corrected chi connectivity index (χ1v) is 7.17. The molecule has 0 bridgehead atoms. The maximum absolute atomic E-state index is 4.83. The predicted molar refractivity (Wildman–Crippen MR) is 87.9 cm³/mol. The average molecular weight is 263 g/mol. The summed E-state index contributed by atoms with van der Waals surface area (Å²) >= 11 is 0. The number of nitrogens with zero attached hydrogens (tertiary/aromatic N) is 1. The van der Waals surface area contributed by atoms with Crippen molar-refractivity contribution in [1.29, 1.82) is 0 Å². The van der Waals surface area contributed by atoms with Gasteiger partial charge in [0.1, 0.15) is 0 Å². The lowest BCUT2D eigenvalue weighted by molar-refractivity contribution is 0.633. The Morgan fingerprint density at radius 2 is 1.05 bits per heavy atom. The fourth-order valence-corrected chi connectivity index (χ4v) is 2.42. The van der Waals surface area contributed by atoms with Crippen molar-refractivity contribution in [3.63, 3.8) is 0 Å². The molecule has 0 saturated heterocycles. The second-order valence-electron chi connectivity index (χ2n) is 6.91. The number of pyridine rings is 1. The Morgan fingerprint density at radius 3 is 1.50 bits per heavy atom. The van der Waals surface area contributed by atoms with Crippen LogP contribution in [0.2, 0.25) is 0 Å². The van der Waals surface area contributed by atoms with Gasteiger partial charge in [0, 0.05) is 22.0 Å². The molecule has 1 aromatic heterocycles. The van der Waals surface area contributed by atoms with Gasteiger partial charge in [0.05, 0.1) is 11.4 Å². The van der Waals surface area contributed by atoms with E-state index in [0.717, 1.165) is 11.4 Å². The van der Waals surface area contributed by atoms with Crippen molar-refractivity contribution in [2.24, 2.45) is 10.8 Å². The summed E-state index contributed by atoms with van der Waals surface area (Å²) in [7, 11) is 0. The molecule has 0 unspecified atom stereocenters. The molecule has 2 aliphatic carbocycles. The van der Waals surface area contributed by atoms with Crippen LogP contribution >= 0.6 is 0 Å². The minimum absolute atomic E-state index is 0.0891. The van der Waals surface area contributed by atoms with Crippen LogP contribution in [0.1, 0.15) is 50.2 Å². The van der Waals surface area contributed by atoms with E-state index in [2.05, 4.69) is 82.4 Å². The van der Waals surface area contributed by atoms with E-state index in [1.807, 2.05) is 0 Å². The largest absolute Gasteiger partial charge is 0.248 e. The van der Waals surface area contributed by atoms with Crippen LogP contribution in [0.4, 0.5) is 0 Å². The fourth-order valence-electron chi connectivity index (χ4n) is 2.42. The monoisotopic (exact) mass is 263 g/mol. The number of rotatable bonds is 0. The molecule has 0 saturated carbocycles. The summed E-state index contributed by atoms with van der Waals surface area (Å²) in [6.07, 6.45) is 17.6. The predicted octanol–water partition coefficient (Wildman–Crippen LogP) is 5.21. The Labute approximate surface area is 121 Å². The summed E-state index contributed by atoms with van der Waals surface area (Å²) in [4.78, 5) is 4.83. The second kappa shape index (κ2) is 4.31. The molecule has 0 radical (unpaired) electrons. The number of allylic oxidation sites excluding steroid dienone is 4. The Hall–Kier alpha value is -1.89. The molecule has 2 aliphatic rings. The third-order valence-corrected chi connectivity index (χ3v) is 3.87. The minimum atomic E-state index is 0.0891. The maximum Gasteiger partial charge on any atom is 0.0706 e. The highest BCUT2D eigenvalue weighted by Crippen LogP contribution is 2.31. The highest BCUT2D eigenvalue weighted by atomic mass is 14.7. The molecule has 0 N–H and O–H groups in total. The lowest BCUT2D eigenvalue weighted by atomic mass is 9.93. The summed E-state index contributed by atoms with van der Waals surface area (Å²) in [5.74, 6) is 0. The van der Waals surface area contributed by atoms with Crippen LogP contribution in [0.3, 0.4) is 0 Å². The van der Waals surface area contributed by atoms with Crippen LogP contribution in [0.25, 0.3) is 24.3 Å². The van der Waals surface area contributed by atoms with Crippen LogP contribution in [-0.4, -0.2) is 4.98 Å². The van der Waals surface area contributed by atoms with Crippen molar-refractivity contribution in [2.75, 3.05) is 0 Å². The molecule has 0 atom stereocenters. The van der Waals surface area contributed by atoms with Crippen LogP contribution in [0.5, 0.6) is 0 Å². The van der Waals surface area contributed by atoms with Crippen LogP contribution in [-0.2, 0) is 0 Å². The highest BCUT2D eigenvalue weighted by Gasteiger charge is 2.17. The summed E-state index contributed by atoms with van der Waals surface area (Å²) in [6.45, 7) is 8.83. The molecule has 1 aromatic rings. The van der Waals surface area contributed by atoms with Crippen molar-refractivity contribution in [3.8, 4) is 0 Å². The molecule has 0 aliphatic heterocycles. The van der Waals surface area contributed by atoms with Crippen molar-refractivity contribution in [1.82, 2.24) is 4.98 Å². The van der Waals surface area contributed by atoms with Crippen LogP contribution < -0.4 is 0 Å². The molecular weight excluding hydrogens is 242 g/mol. The first-order valence-electron chi connectivity index (χ1n) is 7.17. The Balaban J connectivity index is 2.14. The molecule has 1 nitrogen and oxygen atoms in total. The molecule has 1 heteroatoms. The number of hydrogen-bond donors (Lipinski definition) is 0. The standard InChI is InChI=1S/C19H21N/c1-18(2)9-5-14-13-15-6-10-19(3,4)12-8-17(15)20-16(14)7-11-18/h5-13H,1-4H3. The van der Waals surface area contributed by atoms with Gasteiger partial charge in [0.2, 0.25) is 0 Å². The average Bonchev–Trinajstić information content (AvgIpc) is 2.62. The third-order valence-electron chi connectivity index (χ3n) is 3.87. The van der Waals surface area contributed by atoms with E-state index >= 15 is 0 Å². The Kier molecular flexibility index (Phi) is 2.82. The quantitative estimate of drug-likeness (QED) is 0.626.